The summed E-state index contributed by atoms with van der Waals surface area (Å²) >= 11 is 0. The Kier molecular flexibility index (Phi) is 11.0. The zero-order valence-corrected chi connectivity index (χ0v) is 26.6. The molecule has 3 aromatic rings. The molecule has 0 heterocycles. The minimum Gasteiger partial charge on any atom is -0.497 e. The van der Waals surface area contributed by atoms with Crippen molar-refractivity contribution in [3.8, 4) is 11.5 Å². The monoisotopic (exact) mass is 838 g/mol. The second-order valence-electron chi connectivity index (χ2n) is 11.4. The highest BCUT2D eigenvalue weighted by Gasteiger charge is 2.97. The molecule has 24 heteroatoms. The van der Waals surface area contributed by atoms with Gasteiger partial charge in [0.05, 0.1) is 14.2 Å². The summed E-state index contributed by atoms with van der Waals surface area (Å²) in [4.78, 5) is 0. The molecule has 308 valence electrons. The van der Waals surface area contributed by atoms with Crippen LogP contribution in [-0.4, -0.2) is 72.9 Å². The van der Waals surface area contributed by atoms with Crippen LogP contribution in [0.5, 0.6) is 11.5 Å². The molecule has 0 saturated heterocycles. The first-order chi connectivity index (χ1) is 24.5. The van der Waals surface area contributed by atoms with Gasteiger partial charge in [-0.05, 0) is 41.0 Å². The lowest BCUT2D eigenvalue weighted by molar-refractivity contribution is -0.474. The average molecular weight is 838 g/mol. The predicted octanol–water partition coefficient (Wildman–Crippen LogP) is 10.7. The molecular formula is C31H19F21O3. The summed E-state index contributed by atoms with van der Waals surface area (Å²) < 4.78 is 301. The third-order valence-corrected chi connectivity index (χ3v) is 8.19. The maximum absolute atomic E-state index is 15.0. The Balaban J connectivity index is 2.15. The standard InChI is InChI=1S/C31H19F21O3/c1-54-19-11-7-16(8-12-19)21(53,17-9-13-20(55-2)14-10-17)15-3-5-18(6-4-15)22(32,33)23(34,35)24(36,37)25(38,39)26(40,41)27(42,43)28(44,45)29(46,47)30(48,49)31(50,51)52/h3-14,53H,1-2H3. The van der Waals surface area contributed by atoms with E-state index >= 15 is 8.78 Å². The first kappa shape index (κ1) is 45.1. The molecule has 3 aromatic carbocycles. The third-order valence-electron chi connectivity index (χ3n) is 8.19. The molecule has 0 saturated carbocycles. The zero-order chi connectivity index (χ0) is 42.9. The SMILES string of the molecule is COc1ccc(C(O)(c2ccc(OC)cc2)c2ccc(C(F)(F)C(F)(F)C(F)(F)C(F)(F)C(F)(F)C(F)(F)C(F)(F)C(F)(F)C(F)(F)C(F)(F)F)cc2)cc1. The van der Waals surface area contributed by atoms with Crippen LogP contribution >= 0.6 is 0 Å². The van der Waals surface area contributed by atoms with Crippen molar-refractivity contribution >= 4 is 0 Å². The smallest absolute Gasteiger partial charge is 0.460 e. The fourth-order valence-electron chi connectivity index (χ4n) is 4.82. The van der Waals surface area contributed by atoms with E-state index in [9.17, 15) is 88.5 Å². The van der Waals surface area contributed by atoms with E-state index in [1.54, 1.807) is 0 Å². The third kappa shape index (κ3) is 6.25. The fraction of sp³-hybridized carbons (Fsp3) is 0.419. The second kappa shape index (κ2) is 13.5. The molecule has 0 amide bonds. The van der Waals surface area contributed by atoms with Crippen LogP contribution < -0.4 is 9.47 Å². The molecule has 0 atom stereocenters. The van der Waals surface area contributed by atoms with Crippen LogP contribution in [0.4, 0.5) is 92.2 Å². The Bertz CT molecular complexity index is 1750. The summed E-state index contributed by atoms with van der Waals surface area (Å²) in [6.07, 6.45) is -8.05. The highest BCUT2D eigenvalue weighted by Crippen LogP contribution is 2.67. The molecule has 0 spiro atoms. The first-order valence-corrected chi connectivity index (χ1v) is 14.1. The van der Waals surface area contributed by atoms with Gasteiger partial charge in [-0.1, -0.05) is 48.5 Å². The van der Waals surface area contributed by atoms with Gasteiger partial charge in [0.2, 0.25) is 0 Å². The highest BCUT2D eigenvalue weighted by atomic mass is 19.4. The van der Waals surface area contributed by atoms with Gasteiger partial charge in [0.1, 0.15) is 17.1 Å². The van der Waals surface area contributed by atoms with Crippen molar-refractivity contribution in [2.75, 3.05) is 14.2 Å². The van der Waals surface area contributed by atoms with Crippen molar-refractivity contribution in [3.05, 3.63) is 95.1 Å². The van der Waals surface area contributed by atoms with Gasteiger partial charge in [0.15, 0.2) is 0 Å². The molecule has 1 N–H and O–H groups in total. The number of methoxy groups -OCH3 is 2. The van der Waals surface area contributed by atoms with Crippen LogP contribution in [0.15, 0.2) is 72.8 Å². The molecule has 55 heavy (non-hydrogen) atoms. The summed E-state index contributed by atoms with van der Waals surface area (Å²) in [6.45, 7) is 0. The molecule has 0 aliphatic heterocycles. The Labute approximate surface area is 293 Å². The number of hydrogen-bond acceptors (Lipinski definition) is 3. The lowest BCUT2D eigenvalue weighted by atomic mass is 9.79. The lowest BCUT2D eigenvalue weighted by Crippen LogP contribution is -2.76. The average Bonchev–Trinajstić information content (AvgIpc) is 3.10. The topological polar surface area (TPSA) is 38.7 Å². The molecule has 0 radical (unpaired) electrons. The first-order valence-electron chi connectivity index (χ1n) is 14.1. The number of hydrogen-bond donors (Lipinski definition) is 1. The van der Waals surface area contributed by atoms with Gasteiger partial charge in [-0.3, -0.25) is 0 Å². The Morgan fingerprint density at radius 1 is 0.327 bits per heavy atom. The number of ether oxygens (including phenoxy) is 2. The molecule has 0 fully saturated rings. The number of benzene rings is 3. The van der Waals surface area contributed by atoms with E-state index in [4.69, 9.17) is 9.47 Å². The highest BCUT2D eigenvalue weighted by molar-refractivity contribution is 5.50. The van der Waals surface area contributed by atoms with Crippen LogP contribution in [0.3, 0.4) is 0 Å². The zero-order valence-electron chi connectivity index (χ0n) is 26.6. The summed E-state index contributed by atoms with van der Waals surface area (Å²) in [5.74, 6) is -77.7. The molecule has 0 aliphatic carbocycles. The van der Waals surface area contributed by atoms with E-state index in [2.05, 4.69) is 0 Å². The summed E-state index contributed by atoms with van der Waals surface area (Å²) in [6, 6.07) is 9.55. The predicted molar refractivity (Wildman–Crippen MR) is 144 cm³/mol. The Morgan fingerprint density at radius 3 is 0.800 bits per heavy atom. The van der Waals surface area contributed by atoms with Crippen molar-refractivity contribution in [1.82, 2.24) is 0 Å². The maximum Gasteiger partial charge on any atom is 0.460 e. The van der Waals surface area contributed by atoms with Gasteiger partial charge >= 0.3 is 59.5 Å². The van der Waals surface area contributed by atoms with Gasteiger partial charge in [-0.25, -0.2) is 0 Å². The molecule has 3 rings (SSSR count). The maximum atomic E-state index is 15.0. The summed E-state index contributed by atoms with van der Waals surface area (Å²) in [5.41, 5.74) is -6.02. The normalized spacial score (nSPS) is 14.9. The van der Waals surface area contributed by atoms with Crippen molar-refractivity contribution < 1.29 is 107 Å². The van der Waals surface area contributed by atoms with Gasteiger partial charge in [0.25, 0.3) is 0 Å². The Hall–Kier alpha value is -4.25. The molecule has 0 unspecified atom stereocenters. The molecule has 3 nitrogen and oxygen atoms in total. The number of rotatable bonds is 14. The van der Waals surface area contributed by atoms with Crippen LogP contribution in [0.25, 0.3) is 0 Å². The number of aliphatic hydroxyl groups is 1. The van der Waals surface area contributed by atoms with Crippen molar-refractivity contribution in [1.29, 1.82) is 0 Å². The van der Waals surface area contributed by atoms with Gasteiger partial charge < -0.3 is 14.6 Å². The van der Waals surface area contributed by atoms with Gasteiger partial charge in [-0.2, -0.15) is 92.2 Å². The Morgan fingerprint density at radius 2 is 0.545 bits per heavy atom. The molecule has 0 aliphatic rings. The quantitative estimate of drug-likeness (QED) is 0.130. The molecule has 0 bridgehead atoms. The second-order valence-corrected chi connectivity index (χ2v) is 11.4. The van der Waals surface area contributed by atoms with Gasteiger partial charge in [0, 0.05) is 5.56 Å². The summed E-state index contributed by atoms with van der Waals surface area (Å²) in [5, 5.41) is 11.8. The lowest BCUT2D eigenvalue weighted by Gasteiger charge is -2.44. The van der Waals surface area contributed by atoms with Crippen LogP contribution in [0.1, 0.15) is 22.3 Å². The van der Waals surface area contributed by atoms with E-state index in [0.717, 1.165) is 0 Å². The molecule has 0 aromatic heterocycles. The van der Waals surface area contributed by atoms with E-state index in [1.807, 2.05) is 0 Å². The van der Waals surface area contributed by atoms with Crippen molar-refractivity contribution in [2.24, 2.45) is 0 Å². The molecular weight excluding hydrogens is 819 g/mol. The van der Waals surface area contributed by atoms with Crippen LogP contribution in [0.2, 0.25) is 0 Å². The minimum absolute atomic E-state index is 0.159. The number of halogens is 21. The van der Waals surface area contributed by atoms with Crippen LogP contribution in [0, 0.1) is 0 Å². The van der Waals surface area contributed by atoms with Crippen molar-refractivity contribution in [3.63, 3.8) is 0 Å². The van der Waals surface area contributed by atoms with Gasteiger partial charge in [-0.15, -0.1) is 0 Å². The van der Waals surface area contributed by atoms with E-state index in [-0.39, 0.29) is 46.9 Å². The van der Waals surface area contributed by atoms with E-state index in [1.165, 1.54) is 62.8 Å². The summed E-state index contributed by atoms with van der Waals surface area (Å²) in [7, 11) is 2.44. The fourth-order valence-corrected chi connectivity index (χ4v) is 4.82. The van der Waals surface area contributed by atoms with E-state index < -0.39 is 76.2 Å². The van der Waals surface area contributed by atoms with E-state index in [0.29, 0.717) is 0 Å². The minimum atomic E-state index is -9.26. The van der Waals surface area contributed by atoms with Crippen molar-refractivity contribution in [2.45, 2.75) is 65.1 Å². The van der Waals surface area contributed by atoms with Crippen LogP contribution in [-0.2, 0) is 11.5 Å². The number of alkyl halides is 21. The largest absolute Gasteiger partial charge is 0.497 e.